The molecular weight excluding hydrogens is 356 g/mol. The van der Waals surface area contributed by atoms with Crippen molar-refractivity contribution >= 4 is 11.7 Å². The van der Waals surface area contributed by atoms with Gasteiger partial charge in [-0.1, -0.05) is 17.7 Å². The minimum atomic E-state index is -0.250. The first kappa shape index (κ1) is 20.1. The summed E-state index contributed by atoms with van der Waals surface area (Å²) in [6.45, 7) is 5.33. The number of methoxy groups -OCH3 is 1. The molecule has 0 bridgehead atoms. The Morgan fingerprint density at radius 3 is 2.57 bits per heavy atom. The van der Waals surface area contributed by atoms with Crippen molar-refractivity contribution in [3.8, 4) is 5.75 Å². The molecule has 6 heteroatoms. The Labute approximate surface area is 165 Å². The van der Waals surface area contributed by atoms with E-state index in [1.807, 2.05) is 12.1 Å². The molecule has 150 valence electrons. The molecule has 2 aromatic rings. The molecule has 0 spiro atoms. The van der Waals surface area contributed by atoms with Crippen LogP contribution in [0.2, 0.25) is 0 Å². The van der Waals surface area contributed by atoms with Crippen LogP contribution in [0.4, 0.5) is 0 Å². The van der Waals surface area contributed by atoms with E-state index in [9.17, 15) is 9.59 Å². The summed E-state index contributed by atoms with van der Waals surface area (Å²) >= 11 is 0. The van der Waals surface area contributed by atoms with Gasteiger partial charge < -0.3 is 19.4 Å². The minimum Gasteiger partial charge on any atom is -0.496 e. The van der Waals surface area contributed by atoms with Crippen LogP contribution < -0.4 is 10.1 Å². The molecule has 3 rings (SSSR count). The summed E-state index contributed by atoms with van der Waals surface area (Å²) in [6.07, 6.45) is 3.29. The maximum absolute atomic E-state index is 12.8. The maximum atomic E-state index is 12.8. The summed E-state index contributed by atoms with van der Waals surface area (Å²) in [7, 11) is 3.45. The van der Waals surface area contributed by atoms with E-state index < -0.39 is 0 Å². The molecule has 0 radical (unpaired) electrons. The van der Waals surface area contributed by atoms with E-state index in [0.29, 0.717) is 31.0 Å². The number of benzene rings is 1. The number of ketones is 1. The number of ether oxygens (including phenoxy) is 2. The molecule has 1 aliphatic rings. The number of nitrogens with zero attached hydrogens (tertiary/aromatic N) is 1. The van der Waals surface area contributed by atoms with Crippen molar-refractivity contribution in [2.75, 3.05) is 26.9 Å². The molecule has 0 unspecified atom stereocenters. The van der Waals surface area contributed by atoms with E-state index in [2.05, 4.69) is 18.3 Å². The summed E-state index contributed by atoms with van der Waals surface area (Å²) < 4.78 is 12.9. The Morgan fingerprint density at radius 2 is 1.96 bits per heavy atom. The van der Waals surface area contributed by atoms with E-state index in [-0.39, 0.29) is 17.1 Å². The lowest BCUT2D eigenvalue weighted by molar-refractivity contribution is 0.0478. The Hall–Kier alpha value is -2.60. The Bertz CT molecular complexity index is 879. The first-order chi connectivity index (χ1) is 13.4. The fourth-order valence-electron chi connectivity index (χ4n) is 3.86. The molecule has 1 aromatic carbocycles. The largest absolute Gasteiger partial charge is 0.496 e. The predicted molar refractivity (Wildman–Crippen MR) is 107 cm³/mol. The topological polar surface area (TPSA) is 69.6 Å². The normalized spacial score (nSPS) is 15.9. The number of hydrogen-bond donors (Lipinski definition) is 1. The highest BCUT2D eigenvalue weighted by atomic mass is 16.5. The van der Waals surface area contributed by atoms with Crippen molar-refractivity contribution in [3.05, 3.63) is 52.8 Å². The fraction of sp³-hybridized carbons (Fsp3) is 0.455. The summed E-state index contributed by atoms with van der Waals surface area (Å²) in [5.74, 6) is 0.590. The molecule has 28 heavy (non-hydrogen) atoms. The third-order valence-corrected chi connectivity index (χ3v) is 5.61. The van der Waals surface area contributed by atoms with Crippen molar-refractivity contribution in [1.29, 1.82) is 0 Å². The Kier molecular flexibility index (Phi) is 5.89. The number of carbonyl (C=O) groups is 2. The second-order valence-electron chi connectivity index (χ2n) is 7.56. The van der Waals surface area contributed by atoms with Crippen molar-refractivity contribution < 1.29 is 19.1 Å². The van der Waals surface area contributed by atoms with E-state index >= 15 is 0 Å². The number of hydrogen-bond acceptors (Lipinski definition) is 4. The smallest absolute Gasteiger partial charge is 0.267 e. The third-order valence-electron chi connectivity index (χ3n) is 5.61. The van der Waals surface area contributed by atoms with Gasteiger partial charge in [-0.05, 0) is 38.8 Å². The van der Waals surface area contributed by atoms with Crippen LogP contribution in [0.3, 0.4) is 0 Å². The van der Waals surface area contributed by atoms with E-state index in [1.165, 1.54) is 6.92 Å². The first-order valence-electron chi connectivity index (χ1n) is 9.55. The predicted octanol–water partition coefficient (Wildman–Crippen LogP) is 3.02. The SMILES string of the molecule is COc1ccc(C)cc1C1(CNC(=O)c2cc(C(C)=O)cn2C)CCOCC1. The summed E-state index contributed by atoms with van der Waals surface area (Å²) in [4.78, 5) is 24.4. The van der Waals surface area contributed by atoms with E-state index in [0.717, 1.165) is 29.7 Å². The van der Waals surface area contributed by atoms with Gasteiger partial charge in [0, 0.05) is 49.5 Å². The highest BCUT2D eigenvalue weighted by Crippen LogP contribution is 2.40. The molecule has 1 N–H and O–H groups in total. The second-order valence-corrected chi connectivity index (χ2v) is 7.56. The van der Waals surface area contributed by atoms with Crippen LogP contribution in [-0.4, -0.2) is 43.1 Å². The molecular formula is C22H28N2O4. The minimum absolute atomic E-state index is 0.0555. The number of aryl methyl sites for hydroxylation is 2. The van der Waals surface area contributed by atoms with Gasteiger partial charge in [-0.3, -0.25) is 9.59 Å². The number of amides is 1. The van der Waals surface area contributed by atoms with Gasteiger partial charge in [0.15, 0.2) is 5.78 Å². The fourth-order valence-corrected chi connectivity index (χ4v) is 3.86. The Morgan fingerprint density at radius 1 is 1.25 bits per heavy atom. The van der Waals surface area contributed by atoms with Crippen LogP contribution in [0.1, 0.15) is 51.7 Å². The zero-order valence-electron chi connectivity index (χ0n) is 17.0. The average Bonchev–Trinajstić information content (AvgIpc) is 3.09. The van der Waals surface area contributed by atoms with Gasteiger partial charge in [0.05, 0.1) is 7.11 Å². The summed E-state index contributed by atoms with van der Waals surface area (Å²) in [5, 5.41) is 3.09. The molecule has 0 aliphatic carbocycles. The first-order valence-corrected chi connectivity index (χ1v) is 9.55. The lowest BCUT2D eigenvalue weighted by Gasteiger charge is -2.38. The zero-order chi connectivity index (χ0) is 20.3. The molecule has 1 fully saturated rings. The number of carbonyl (C=O) groups excluding carboxylic acids is 2. The summed E-state index contributed by atoms with van der Waals surface area (Å²) in [5.41, 5.74) is 3.02. The van der Waals surface area contributed by atoms with Gasteiger partial charge in [-0.25, -0.2) is 0 Å². The van der Waals surface area contributed by atoms with Crippen LogP contribution in [0, 0.1) is 6.92 Å². The van der Waals surface area contributed by atoms with Crippen LogP contribution in [0.15, 0.2) is 30.5 Å². The summed E-state index contributed by atoms with van der Waals surface area (Å²) in [6, 6.07) is 7.80. The van der Waals surface area contributed by atoms with Crippen LogP contribution in [0.5, 0.6) is 5.75 Å². The van der Waals surface area contributed by atoms with Crippen LogP contribution in [-0.2, 0) is 17.2 Å². The third kappa shape index (κ3) is 3.97. The van der Waals surface area contributed by atoms with Crippen molar-refractivity contribution in [2.45, 2.75) is 32.1 Å². The van der Waals surface area contributed by atoms with Crippen LogP contribution >= 0.6 is 0 Å². The molecule has 0 atom stereocenters. The molecule has 1 aliphatic heterocycles. The van der Waals surface area contributed by atoms with Crippen molar-refractivity contribution in [3.63, 3.8) is 0 Å². The number of nitrogens with one attached hydrogen (secondary N) is 1. The standard InChI is InChI=1S/C22H28N2O4/c1-15-5-6-20(27-4)18(11-15)22(7-9-28-10-8-22)14-23-21(26)19-12-17(16(2)25)13-24(19)3/h5-6,11-13H,7-10,14H2,1-4H3,(H,23,26). The molecule has 6 nitrogen and oxygen atoms in total. The Balaban J connectivity index is 1.87. The molecule has 0 saturated carbocycles. The molecule has 2 heterocycles. The molecule has 1 amide bonds. The highest BCUT2D eigenvalue weighted by molar-refractivity contribution is 5.99. The second kappa shape index (κ2) is 8.19. The van der Waals surface area contributed by atoms with Crippen molar-refractivity contribution in [1.82, 2.24) is 9.88 Å². The van der Waals surface area contributed by atoms with Gasteiger partial charge in [-0.15, -0.1) is 0 Å². The quantitative estimate of drug-likeness (QED) is 0.778. The van der Waals surface area contributed by atoms with E-state index in [4.69, 9.17) is 9.47 Å². The van der Waals surface area contributed by atoms with Gasteiger partial charge in [-0.2, -0.15) is 0 Å². The maximum Gasteiger partial charge on any atom is 0.267 e. The molecule has 1 aromatic heterocycles. The number of aromatic nitrogens is 1. The average molecular weight is 384 g/mol. The zero-order valence-corrected chi connectivity index (χ0v) is 17.0. The highest BCUT2D eigenvalue weighted by Gasteiger charge is 2.37. The van der Waals surface area contributed by atoms with Gasteiger partial charge >= 0.3 is 0 Å². The van der Waals surface area contributed by atoms with Crippen molar-refractivity contribution in [2.24, 2.45) is 7.05 Å². The van der Waals surface area contributed by atoms with Gasteiger partial charge in [0.2, 0.25) is 0 Å². The van der Waals surface area contributed by atoms with E-state index in [1.54, 1.807) is 31.0 Å². The van der Waals surface area contributed by atoms with Crippen LogP contribution in [0.25, 0.3) is 0 Å². The monoisotopic (exact) mass is 384 g/mol. The number of Topliss-reactive ketones (excluding diaryl/α,β-unsaturated/α-hetero) is 1. The molecule has 1 saturated heterocycles. The lowest BCUT2D eigenvalue weighted by Crippen LogP contribution is -2.45. The number of rotatable bonds is 6. The van der Waals surface area contributed by atoms with Gasteiger partial charge in [0.1, 0.15) is 11.4 Å². The van der Waals surface area contributed by atoms with Gasteiger partial charge in [0.25, 0.3) is 5.91 Å². The lowest BCUT2D eigenvalue weighted by atomic mass is 9.73.